The molecule has 24 heavy (non-hydrogen) atoms. The van der Waals surface area contributed by atoms with Gasteiger partial charge in [-0.2, -0.15) is 0 Å². The van der Waals surface area contributed by atoms with Gasteiger partial charge in [0.1, 0.15) is 0 Å². The van der Waals surface area contributed by atoms with Crippen molar-refractivity contribution in [2.45, 2.75) is 31.7 Å². The summed E-state index contributed by atoms with van der Waals surface area (Å²) >= 11 is 0. The summed E-state index contributed by atoms with van der Waals surface area (Å²) in [6.45, 7) is 0. The maximum absolute atomic E-state index is 10.2. The summed E-state index contributed by atoms with van der Waals surface area (Å²) in [5.41, 5.74) is 10.4. The van der Waals surface area contributed by atoms with E-state index >= 15 is 0 Å². The van der Waals surface area contributed by atoms with Gasteiger partial charge in [0.2, 0.25) is 0 Å². The quantitative estimate of drug-likeness (QED) is 0.521. The molecule has 0 atom stereocenters. The fraction of sp³-hybridized carbons (Fsp3) is 0.294. The van der Waals surface area contributed by atoms with Crippen molar-refractivity contribution in [3.63, 3.8) is 0 Å². The normalized spacial score (nSPS) is 13.8. The van der Waals surface area contributed by atoms with Crippen LogP contribution >= 0.6 is 24.8 Å². The highest BCUT2D eigenvalue weighted by Crippen LogP contribution is 2.47. The predicted molar refractivity (Wildman–Crippen MR) is 94.9 cm³/mol. The highest BCUT2D eigenvalue weighted by Gasteiger charge is 2.30. The van der Waals surface area contributed by atoms with Crippen molar-refractivity contribution >= 4 is 24.8 Å². The lowest BCUT2D eigenvalue weighted by molar-refractivity contribution is 0.382. The number of halogens is 2. The molecule has 5 nitrogen and oxygen atoms in total. The number of phenols is 4. The second-order valence-corrected chi connectivity index (χ2v) is 6.08. The standard InChI is InChI=1S/C17H17NO4.2ClH/c18-13(11-5-7-1-3-9(7)14(19)16(11)21)12-6-8-2-4-10(8)15(20)17(12)22;;/h5-6,13,19-22H,1-4,18H2;2*1H. The lowest BCUT2D eigenvalue weighted by Crippen LogP contribution is -2.18. The van der Waals surface area contributed by atoms with Crippen LogP contribution in [0.3, 0.4) is 0 Å². The number of aryl methyl sites for hydroxylation is 2. The fourth-order valence-electron chi connectivity index (χ4n) is 3.36. The second-order valence-electron chi connectivity index (χ2n) is 6.08. The largest absolute Gasteiger partial charge is 0.504 e. The Morgan fingerprint density at radius 1 is 0.667 bits per heavy atom. The van der Waals surface area contributed by atoms with Gasteiger partial charge in [-0.25, -0.2) is 0 Å². The van der Waals surface area contributed by atoms with Crippen LogP contribution in [0.15, 0.2) is 12.1 Å². The summed E-state index contributed by atoms with van der Waals surface area (Å²) in [7, 11) is 0. The molecule has 0 aliphatic heterocycles. The molecule has 130 valence electrons. The molecule has 0 saturated heterocycles. The minimum Gasteiger partial charge on any atom is -0.504 e. The first-order valence-electron chi connectivity index (χ1n) is 7.37. The number of phenolic OH excluding ortho intramolecular Hbond substituents is 4. The van der Waals surface area contributed by atoms with Gasteiger partial charge in [-0.3, -0.25) is 0 Å². The van der Waals surface area contributed by atoms with Gasteiger partial charge in [-0.15, -0.1) is 24.8 Å². The zero-order valence-corrected chi connectivity index (χ0v) is 14.4. The maximum Gasteiger partial charge on any atom is 0.162 e. The van der Waals surface area contributed by atoms with Gasteiger partial charge in [0.25, 0.3) is 0 Å². The third-order valence-corrected chi connectivity index (χ3v) is 4.96. The number of hydrogen-bond acceptors (Lipinski definition) is 5. The van der Waals surface area contributed by atoms with Crippen LogP contribution in [0.4, 0.5) is 0 Å². The summed E-state index contributed by atoms with van der Waals surface area (Å²) in [6.07, 6.45) is 3.17. The van der Waals surface area contributed by atoms with E-state index in [2.05, 4.69) is 0 Å². The van der Waals surface area contributed by atoms with Crippen molar-refractivity contribution in [1.29, 1.82) is 0 Å². The topological polar surface area (TPSA) is 107 Å². The summed E-state index contributed by atoms with van der Waals surface area (Å²) < 4.78 is 0. The van der Waals surface area contributed by atoms with E-state index in [0.717, 1.165) is 47.9 Å². The van der Waals surface area contributed by atoms with Crippen molar-refractivity contribution < 1.29 is 20.4 Å². The van der Waals surface area contributed by atoms with Gasteiger partial charge in [0, 0.05) is 22.3 Å². The third-order valence-electron chi connectivity index (χ3n) is 4.96. The lowest BCUT2D eigenvalue weighted by Gasteiger charge is -2.27. The molecule has 0 radical (unpaired) electrons. The molecule has 7 heteroatoms. The van der Waals surface area contributed by atoms with Crippen LogP contribution in [-0.4, -0.2) is 20.4 Å². The van der Waals surface area contributed by atoms with Crippen LogP contribution in [0.25, 0.3) is 0 Å². The molecule has 0 fully saturated rings. The van der Waals surface area contributed by atoms with Crippen molar-refractivity contribution in [3.05, 3.63) is 45.5 Å². The van der Waals surface area contributed by atoms with E-state index in [9.17, 15) is 20.4 Å². The zero-order valence-electron chi connectivity index (χ0n) is 12.7. The first-order chi connectivity index (χ1) is 10.5. The highest BCUT2D eigenvalue weighted by molar-refractivity contribution is 5.85. The van der Waals surface area contributed by atoms with Crippen LogP contribution < -0.4 is 5.73 Å². The minimum atomic E-state index is -0.811. The number of rotatable bonds is 2. The first kappa shape index (κ1) is 18.5. The van der Waals surface area contributed by atoms with Crippen LogP contribution in [-0.2, 0) is 25.7 Å². The molecule has 2 aromatic rings. The Kier molecular flexibility index (Phi) is 4.81. The minimum absolute atomic E-state index is 0. The predicted octanol–water partition coefficient (Wildman–Crippen LogP) is 2.60. The molecule has 2 aliphatic carbocycles. The number of hydrogen-bond donors (Lipinski definition) is 5. The summed E-state index contributed by atoms with van der Waals surface area (Å²) in [6, 6.07) is 2.73. The van der Waals surface area contributed by atoms with Crippen molar-refractivity contribution in [1.82, 2.24) is 0 Å². The van der Waals surface area contributed by atoms with Crippen molar-refractivity contribution in [3.8, 4) is 23.0 Å². The van der Waals surface area contributed by atoms with E-state index in [1.165, 1.54) is 0 Å². The molecular weight excluding hydrogens is 353 g/mol. The molecular formula is C17H19Cl2NO4. The zero-order chi connectivity index (χ0) is 15.6. The fourth-order valence-corrected chi connectivity index (χ4v) is 3.36. The smallest absolute Gasteiger partial charge is 0.162 e. The van der Waals surface area contributed by atoms with Gasteiger partial charge < -0.3 is 26.2 Å². The highest BCUT2D eigenvalue weighted by atomic mass is 35.5. The molecule has 0 amide bonds. The SMILES string of the molecule is Cl.Cl.NC(c1cc2c(c(O)c1O)CC2)c1cc2c(c(O)c1O)CC2. The molecule has 0 unspecified atom stereocenters. The van der Waals surface area contributed by atoms with Crippen molar-refractivity contribution in [2.24, 2.45) is 5.73 Å². The van der Waals surface area contributed by atoms with Gasteiger partial charge in [0.05, 0.1) is 6.04 Å². The molecule has 0 spiro atoms. The first-order valence-corrected chi connectivity index (χ1v) is 7.37. The number of fused-ring (bicyclic) bond motifs is 2. The van der Waals surface area contributed by atoms with E-state index in [1.807, 2.05) is 0 Å². The van der Waals surface area contributed by atoms with E-state index in [-0.39, 0.29) is 47.8 Å². The van der Waals surface area contributed by atoms with Gasteiger partial charge in [-0.1, -0.05) is 0 Å². The molecule has 6 N–H and O–H groups in total. The molecule has 0 aromatic heterocycles. The van der Waals surface area contributed by atoms with E-state index in [4.69, 9.17) is 5.73 Å². The average molecular weight is 372 g/mol. The Bertz CT molecular complexity index is 756. The van der Waals surface area contributed by atoms with E-state index in [1.54, 1.807) is 12.1 Å². The average Bonchev–Trinajstić information content (AvgIpc) is 2.42. The summed E-state index contributed by atoms with van der Waals surface area (Å²) in [4.78, 5) is 0. The van der Waals surface area contributed by atoms with Crippen molar-refractivity contribution in [2.75, 3.05) is 0 Å². The second kappa shape index (κ2) is 6.24. The molecule has 0 heterocycles. The lowest BCUT2D eigenvalue weighted by atomic mass is 9.81. The van der Waals surface area contributed by atoms with Crippen LogP contribution in [0.5, 0.6) is 23.0 Å². The maximum atomic E-state index is 10.2. The molecule has 0 saturated carbocycles. The number of benzene rings is 2. The summed E-state index contributed by atoms with van der Waals surface area (Å²) in [5, 5.41) is 40.4. The van der Waals surface area contributed by atoms with Gasteiger partial charge >= 0.3 is 0 Å². The molecule has 2 aliphatic rings. The number of nitrogens with two attached hydrogens (primary N) is 1. The monoisotopic (exact) mass is 371 g/mol. The molecule has 0 bridgehead atoms. The molecule has 4 rings (SSSR count). The summed E-state index contributed by atoms with van der Waals surface area (Å²) in [5.74, 6) is -0.733. The number of aromatic hydroxyl groups is 4. The Labute approximate surface area is 151 Å². The Morgan fingerprint density at radius 3 is 1.33 bits per heavy atom. The van der Waals surface area contributed by atoms with E-state index < -0.39 is 6.04 Å². The van der Waals surface area contributed by atoms with E-state index in [0.29, 0.717) is 11.1 Å². The van der Waals surface area contributed by atoms with Crippen LogP contribution in [0, 0.1) is 0 Å². The Morgan fingerprint density at radius 2 is 1.04 bits per heavy atom. The van der Waals surface area contributed by atoms with Crippen LogP contribution in [0.2, 0.25) is 0 Å². The Balaban J connectivity index is 0.00000104. The third kappa shape index (κ3) is 2.35. The Hall–Kier alpha value is -1.82. The van der Waals surface area contributed by atoms with Crippen LogP contribution in [0.1, 0.15) is 39.4 Å². The van der Waals surface area contributed by atoms with Gasteiger partial charge in [-0.05, 0) is 48.9 Å². The molecule has 2 aromatic carbocycles. The van der Waals surface area contributed by atoms with Gasteiger partial charge in [0.15, 0.2) is 23.0 Å².